The van der Waals surface area contributed by atoms with Crippen molar-refractivity contribution in [3.8, 4) is 0 Å². The average molecular weight is 351 g/mol. The lowest BCUT2D eigenvalue weighted by Crippen LogP contribution is -2.25. The number of carbonyl (C=O) groups excluding carboxylic acids is 1. The van der Waals surface area contributed by atoms with Gasteiger partial charge < -0.3 is 15.1 Å². The summed E-state index contributed by atoms with van der Waals surface area (Å²) in [5.41, 5.74) is 3.98. The van der Waals surface area contributed by atoms with Crippen molar-refractivity contribution >= 4 is 22.7 Å². The SMILES string of the molecule is Cc1ccc(C(=O)NC2CC2)cc1NCCn1c(=O)oc2ccccc21. The van der Waals surface area contributed by atoms with E-state index in [1.807, 2.05) is 43.3 Å². The van der Waals surface area contributed by atoms with Crippen molar-refractivity contribution in [2.75, 3.05) is 11.9 Å². The number of rotatable bonds is 6. The van der Waals surface area contributed by atoms with E-state index in [9.17, 15) is 9.59 Å². The Hall–Kier alpha value is -3.02. The minimum Gasteiger partial charge on any atom is -0.408 e. The Balaban J connectivity index is 1.46. The first-order chi connectivity index (χ1) is 12.6. The molecule has 4 rings (SSSR count). The van der Waals surface area contributed by atoms with Gasteiger partial charge in [0.15, 0.2) is 5.58 Å². The fraction of sp³-hybridized carbons (Fsp3) is 0.300. The van der Waals surface area contributed by atoms with Crippen LogP contribution in [0.1, 0.15) is 28.8 Å². The smallest absolute Gasteiger partial charge is 0.408 e. The summed E-state index contributed by atoms with van der Waals surface area (Å²) < 4.78 is 6.86. The number of nitrogens with zero attached hydrogens (tertiary/aromatic N) is 1. The number of nitrogens with one attached hydrogen (secondary N) is 2. The Morgan fingerprint density at radius 3 is 2.85 bits per heavy atom. The third kappa shape index (κ3) is 3.35. The molecule has 0 atom stereocenters. The second-order valence-corrected chi connectivity index (χ2v) is 6.69. The molecule has 2 N–H and O–H groups in total. The Morgan fingerprint density at radius 2 is 2.04 bits per heavy atom. The first-order valence-corrected chi connectivity index (χ1v) is 8.85. The minimum absolute atomic E-state index is 0.0346. The topological polar surface area (TPSA) is 76.3 Å². The van der Waals surface area contributed by atoms with Gasteiger partial charge in [0, 0.05) is 30.4 Å². The van der Waals surface area contributed by atoms with Crippen molar-refractivity contribution in [1.29, 1.82) is 0 Å². The van der Waals surface area contributed by atoms with E-state index in [2.05, 4.69) is 10.6 Å². The van der Waals surface area contributed by atoms with Crippen LogP contribution in [0.2, 0.25) is 0 Å². The van der Waals surface area contributed by atoms with Gasteiger partial charge in [0.1, 0.15) is 0 Å². The van der Waals surface area contributed by atoms with E-state index in [1.165, 1.54) is 0 Å². The molecule has 2 aromatic carbocycles. The van der Waals surface area contributed by atoms with Crippen LogP contribution in [0.15, 0.2) is 51.7 Å². The van der Waals surface area contributed by atoms with Crippen molar-refractivity contribution in [3.05, 3.63) is 64.1 Å². The van der Waals surface area contributed by atoms with Crippen LogP contribution in [0.4, 0.5) is 5.69 Å². The number of oxazole rings is 1. The van der Waals surface area contributed by atoms with Gasteiger partial charge in [0.05, 0.1) is 5.52 Å². The fourth-order valence-electron chi connectivity index (χ4n) is 2.98. The van der Waals surface area contributed by atoms with Gasteiger partial charge in [-0.25, -0.2) is 4.79 Å². The van der Waals surface area contributed by atoms with Gasteiger partial charge in [0.25, 0.3) is 5.91 Å². The summed E-state index contributed by atoms with van der Waals surface area (Å²) in [6, 6.07) is 13.4. The lowest BCUT2D eigenvalue weighted by Gasteiger charge is -2.12. The van der Waals surface area contributed by atoms with E-state index in [1.54, 1.807) is 10.6 Å². The van der Waals surface area contributed by atoms with Crippen molar-refractivity contribution < 1.29 is 9.21 Å². The number of carbonyl (C=O) groups is 1. The van der Waals surface area contributed by atoms with Crippen LogP contribution < -0.4 is 16.4 Å². The number of para-hydroxylation sites is 2. The highest BCUT2D eigenvalue weighted by atomic mass is 16.4. The molecule has 1 aromatic heterocycles. The summed E-state index contributed by atoms with van der Waals surface area (Å²) in [6.07, 6.45) is 2.13. The Kier molecular flexibility index (Phi) is 4.24. The number of hydrogen-bond acceptors (Lipinski definition) is 4. The summed E-state index contributed by atoms with van der Waals surface area (Å²) in [7, 11) is 0. The molecule has 1 saturated carbocycles. The first kappa shape index (κ1) is 16.4. The maximum Gasteiger partial charge on any atom is 0.420 e. The van der Waals surface area contributed by atoms with E-state index in [-0.39, 0.29) is 11.7 Å². The van der Waals surface area contributed by atoms with Crippen LogP contribution >= 0.6 is 0 Å². The summed E-state index contributed by atoms with van der Waals surface area (Å²) in [5, 5.41) is 6.32. The van der Waals surface area contributed by atoms with Crippen LogP contribution in [0.5, 0.6) is 0 Å². The van der Waals surface area contributed by atoms with Crippen LogP contribution in [0.3, 0.4) is 0 Å². The second-order valence-electron chi connectivity index (χ2n) is 6.69. The van der Waals surface area contributed by atoms with Gasteiger partial charge in [-0.2, -0.15) is 0 Å². The number of anilines is 1. The first-order valence-electron chi connectivity index (χ1n) is 8.85. The molecule has 0 radical (unpaired) electrons. The molecule has 6 nitrogen and oxygen atoms in total. The molecule has 0 saturated heterocycles. The molecule has 3 aromatic rings. The van der Waals surface area contributed by atoms with Crippen molar-refractivity contribution in [3.63, 3.8) is 0 Å². The molecule has 0 unspecified atom stereocenters. The number of amides is 1. The van der Waals surface area contributed by atoms with Crippen LogP contribution in [-0.4, -0.2) is 23.1 Å². The molecule has 1 aliphatic rings. The molecule has 0 aliphatic heterocycles. The molecular weight excluding hydrogens is 330 g/mol. The van der Waals surface area contributed by atoms with Gasteiger partial charge in [-0.1, -0.05) is 18.2 Å². The van der Waals surface area contributed by atoms with Crippen molar-refractivity contribution in [2.24, 2.45) is 0 Å². The molecule has 1 aliphatic carbocycles. The Bertz CT molecular complexity index is 1010. The Labute approximate surface area is 150 Å². The summed E-state index contributed by atoms with van der Waals surface area (Å²) >= 11 is 0. The standard InChI is InChI=1S/C20H21N3O3/c1-13-6-7-14(19(24)22-15-8-9-15)12-16(13)21-10-11-23-17-4-2-3-5-18(17)26-20(23)25/h2-7,12,15,21H,8-11H2,1H3,(H,22,24). The minimum atomic E-state index is -0.359. The molecule has 0 bridgehead atoms. The molecule has 1 fully saturated rings. The summed E-state index contributed by atoms with van der Waals surface area (Å²) in [4.78, 5) is 24.2. The van der Waals surface area contributed by atoms with E-state index in [0.29, 0.717) is 30.3 Å². The van der Waals surface area contributed by atoms with Crippen LogP contribution in [0, 0.1) is 6.92 Å². The normalized spacial score (nSPS) is 13.7. The monoisotopic (exact) mass is 351 g/mol. The van der Waals surface area contributed by atoms with Gasteiger partial charge in [0.2, 0.25) is 0 Å². The van der Waals surface area contributed by atoms with Gasteiger partial charge in [-0.05, 0) is 49.6 Å². The number of benzene rings is 2. The predicted octanol–water partition coefficient (Wildman–Crippen LogP) is 2.91. The number of hydrogen-bond donors (Lipinski definition) is 2. The average Bonchev–Trinajstić information content (AvgIpc) is 3.39. The quantitative estimate of drug-likeness (QED) is 0.716. The Morgan fingerprint density at radius 1 is 1.23 bits per heavy atom. The molecule has 6 heteroatoms. The molecular formula is C20H21N3O3. The van der Waals surface area contributed by atoms with E-state index in [0.717, 1.165) is 29.6 Å². The van der Waals surface area contributed by atoms with Crippen molar-refractivity contribution in [1.82, 2.24) is 9.88 Å². The van der Waals surface area contributed by atoms with E-state index >= 15 is 0 Å². The second kappa shape index (κ2) is 6.71. The molecule has 1 heterocycles. The van der Waals surface area contributed by atoms with E-state index in [4.69, 9.17) is 4.42 Å². The van der Waals surface area contributed by atoms with Crippen molar-refractivity contribution in [2.45, 2.75) is 32.4 Å². The summed E-state index contributed by atoms with van der Waals surface area (Å²) in [6.45, 7) is 3.02. The van der Waals surface area contributed by atoms with Gasteiger partial charge in [-0.15, -0.1) is 0 Å². The third-order valence-corrected chi connectivity index (χ3v) is 4.64. The highest BCUT2D eigenvalue weighted by molar-refractivity contribution is 5.95. The van der Waals surface area contributed by atoms with Gasteiger partial charge in [-0.3, -0.25) is 9.36 Å². The number of aromatic nitrogens is 1. The maximum absolute atomic E-state index is 12.2. The number of fused-ring (bicyclic) bond motifs is 1. The van der Waals surface area contributed by atoms with Gasteiger partial charge >= 0.3 is 5.76 Å². The maximum atomic E-state index is 12.2. The molecule has 26 heavy (non-hydrogen) atoms. The highest BCUT2D eigenvalue weighted by Crippen LogP contribution is 2.21. The third-order valence-electron chi connectivity index (χ3n) is 4.64. The fourth-order valence-corrected chi connectivity index (χ4v) is 2.98. The lowest BCUT2D eigenvalue weighted by molar-refractivity contribution is 0.0951. The molecule has 0 spiro atoms. The zero-order valence-corrected chi connectivity index (χ0v) is 14.6. The van der Waals surface area contributed by atoms with Crippen LogP contribution in [-0.2, 0) is 6.54 Å². The van der Waals surface area contributed by atoms with E-state index < -0.39 is 0 Å². The predicted molar refractivity (Wildman–Crippen MR) is 101 cm³/mol. The lowest BCUT2D eigenvalue weighted by atomic mass is 10.1. The largest absolute Gasteiger partial charge is 0.420 e. The van der Waals surface area contributed by atoms with Crippen LogP contribution in [0.25, 0.3) is 11.1 Å². The molecule has 134 valence electrons. The zero-order chi connectivity index (χ0) is 18.1. The zero-order valence-electron chi connectivity index (χ0n) is 14.6. The number of aryl methyl sites for hydroxylation is 1. The summed E-state index contributed by atoms with van der Waals surface area (Å²) in [5.74, 6) is -0.394. The highest BCUT2D eigenvalue weighted by Gasteiger charge is 2.23. The molecule has 1 amide bonds.